The van der Waals surface area contributed by atoms with E-state index in [9.17, 15) is 14.4 Å². The first-order valence-corrected chi connectivity index (χ1v) is 7.20. The Kier molecular flexibility index (Phi) is 5.94. The Morgan fingerprint density at radius 3 is 2.16 bits per heavy atom. The van der Waals surface area contributed by atoms with Gasteiger partial charge in [-0.2, -0.15) is 0 Å². The van der Waals surface area contributed by atoms with Crippen LogP contribution in [0.15, 0.2) is 48.5 Å². The summed E-state index contributed by atoms with van der Waals surface area (Å²) in [6.07, 6.45) is 0. The number of aromatic carboxylic acids is 1. The molecule has 0 heterocycles. The topological polar surface area (TPSA) is 114 Å². The largest absolute Gasteiger partial charge is 0.493 e. The Balaban J connectivity index is 1.90. The zero-order chi connectivity index (χ0) is 18.2. The number of carboxylic acids is 1. The summed E-state index contributed by atoms with van der Waals surface area (Å²) in [5.74, 6) is -1.76. The van der Waals surface area contributed by atoms with Gasteiger partial charge in [0, 0.05) is 0 Å². The van der Waals surface area contributed by atoms with E-state index >= 15 is 0 Å². The first-order valence-electron chi connectivity index (χ1n) is 7.20. The highest BCUT2D eigenvalue weighted by Gasteiger charge is 2.16. The maximum absolute atomic E-state index is 12.0. The number of carboxylic acid groups (broad SMARTS) is 1. The van der Waals surface area contributed by atoms with Crippen LogP contribution >= 0.6 is 0 Å². The molecule has 8 heteroatoms. The molecule has 0 spiro atoms. The molecule has 2 aromatic rings. The Morgan fingerprint density at radius 1 is 0.920 bits per heavy atom. The summed E-state index contributed by atoms with van der Waals surface area (Å²) in [6, 6.07) is 12.5. The van der Waals surface area contributed by atoms with E-state index in [2.05, 4.69) is 10.9 Å². The highest BCUT2D eigenvalue weighted by molar-refractivity contribution is 6.05. The predicted octanol–water partition coefficient (Wildman–Crippen LogP) is 1.23. The molecule has 0 aromatic heterocycles. The lowest BCUT2D eigenvalue weighted by Gasteiger charge is -2.11. The third-order valence-electron chi connectivity index (χ3n) is 3.15. The second kappa shape index (κ2) is 8.34. The van der Waals surface area contributed by atoms with Crippen LogP contribution in [0.25, 0.3) is 0 Å². The van der Waals surface area contributed by atoms with Crippen LogP contribution in [0.4, 0.5) is 0 Å². The van der Waals surface area contributed by atoms with Crippen LogP contribution in [-0.4, -0.2) is 36.6 Å². The molecule has 0 aliphatic heterocycles. The van der Waals surface area contributed by atoms with Crippen molar-refractivity contribution in [2.75, 3.05) is 13.7 Å². The number of amides is 2. The molecule has 0 aliphatic rings. The Morgan fingerprint density at radius 2 is 1.52 bits per heavy atom. The molecular weight excluding hydrogens is 328 g/mol. The molecule has 0 bridgehead atoms. The normalized spacial score (nSPS) is 9.80. The highest BCUT2D eigenvalue weighted by atomic mass is 16.5. The van der Waals surface area contributed by atoms with Gasteiger partial charge >= 0.3 is 5.97 Å². The van der Waals surface area contributed by atoms with E-state index in [-0.39, 0.29) is 17.7 Å². The zero-order valence-corrected chi connectivity index (χ0v) is 13.3. The van der Waals surface area contributed by atoms with E-state index in [0.717, 1.165) is 0 Å². The number of nitrogens with one attached hydrogen (secondary N) is 2. The lowest BCUT2D eigenvalue weighted by atomic mass is 10.1. The summed E-state index contributed by atoms with van der Waals surface area (Å²) in [5, 5.41) is 9.05. The van der Waals surface area contributed by atoms with Crippen LogP contribution in [-0.2, 0) is 4.79 Å². The quantitative estimate of drug-likeness (QED) is 0.679. The Labute approximate surface area is 143 Å². The fraction of sp³-hybridized carbons (Fsp3) is 0.118. The molecule has 130 valence electrons. The van der Waals surface area contributed by atoms with Gasteiger partial charge in [0.1, 0.15) is 0 Å². The van der Waals surface area contributed by atoms with Crippen molar-refractivity contribution in [1.29, 1.82) is 0 Å². The fourth-order valence-corrected chi connectivity index (χ4v) is 1.98. The number of hydrogen-bond donors (Lipinski definition) is 3. The van der Waals surface area contributed by atoms with Crippen LogP contribution in [0, 0.1) is 0 Å². The number of hydrogen-bond acceptors (Lipinski definition) is 5. The molecule has 0 saturated heterocycles. The van der Waals surface area contributed by atoms with E-state index < -0.39 is 17.8 Å². The maximum Gasteiger partial charge on any atom is 0.336 e. The summed E-state index contributed by atoms with van der Waals surface area (Å²) >= 11 is 0. The van der Waals surface area contributed by atoms with Gasteiger partial charge in [0.25, 0.3) is 11.8 Å². The number of benzene rings is 2. The fourth-order valence-electron chi connectivity index (χ4n) is 1.98. The number of methoxy groups -OCH3 is 1. The molecule has 0 fully saturated rings. The van der Waals surface area contributed by atoms with Crippen LogP contribution in [0.5, 0.6) is 11.5 Å². The van der Waals surface area contributed by atoms with Crippen molar-refractivity contribution in [3.63, 3.8) is 0 Å². The molecule has 0 saturated carbocycles. The number of ether oxygens (including phenoxy) is 2. The molecule has 0 atom stereocenters. The zero-order valence-electron chi connectivity index (χ0n) is 13.3. The van der Waals surface area contributed by atoms with E-state index in [1.165, 1.54) is 31.4 Å². The van der Waals surface area contributed by atoms with Gasteiger partial charge in [-0.1, -0.05) is 24.3 Å². The molecule has 25 heavy (non-hydrogen) atoms. The van der Waals surface area contributed by atoms with E-state index in [1.807, 2.05) is 0 Å². The third kappa shape index (κ3) is 4.71. The van der Waals surface area contributed by atoms with E-state index in [4.69, 9.17) is 14.6 Å². The average molecular weight is 344 g/mol. The number of carbonyl (C=O) groups excluding carboxylic acids is 2. The minimum absolute atomic E-state index is 0.0686. The second-order valence-electron chi connectivity index (χ2n) is 4.79. The van der Waals surface area contributed by atoms with Crippen LogP contribution < -0.4 is 20.3 Å². The van der Waals surface area contributed by atoms with Gasteiger partial charge in [0.15, 0.2) is 18.1 Å². The summed E-state index contributed by atoms with van der Waals surface area (Å²) in [7, 11) is 1.47. The minimum Gasteiger partial charge on any atom is -0.493 e. The number of carbonyl (C=O) groups is 3. The van der Waals surface area contributed by atoms with Crippen molar-refractivity contribution in [3.05, 3.63) is 59.7 Å². The van der Waals surface area contributed by atoms with Gasteiger partial charge in [-0.25, -0.2) is 4.79 Å². The van der Waals surface area contributed by atoms with Crippen LogP contribution in [0.2, 0.25) is 0 Å². The lowest BCUT2D eigenvalue weighted by Crippen LogP contribution is -2.44. The molecule has 2 rings (SSSR count). The van der Waals surface area contributed by atoms with Crippen molar-refractivity contribution in [2.45, 2.75) is 0 Å². The van der Waals surface area contributed by atoms with Gasteiger partial charge in [0.2, 0.25) is 0 Å². The van der Waals surface area contributed by atoms with Gasteiger partial charge < -0.3 is 14.6 Å². The average Bonchev–Trinajstić information content (AvgIpc) is 2.64. The number of hydrazine groups is 1. The Hall–Kier alpha value is -3.55. The summed E-state index contributed by atoms with van der Waals surface area (Å²) in [4.78, 5) is 34.8. The van der Waals surface area contributed by atoms with Crippen LogP contribution in [0.1, 0.15) is 20.7 Å². The lowest BCUT2D eigenvalue weighted by molar-refractivity contribution is -0.123. The molecule has 0 aliphatic carbocycles. The molecule has 2 amide bonds. The molecule has 2 aromatic carbocycles. The predicted molar refractivity (Wildman–Crippen MR) is 87.5 cm³/mol. The molecule has 0 radical (unpaired) electrons. The van der Waals surface area contributed by atoms with E-state index in [0.29, 0.717) is 11.5 Å². The summed E-state index contributed by atoms with van der Waals surface area (Å²) < 4.78 is 10.4. The monoisotopic (exact) mass is 344 g/mol. The maximum atomic E-state index is 12.0. The Bertz CT molecular complexity index is 790. The summed E-state index contributed by atoms with van der Waals surface area (Å²) in [6.45, 7) is -0.360. The first kappa shape index (κ1) is 17.8. The molecule has 3 N–H and O–H groups in total. The number of rotatable bonds is 6. The van der Waals surface area contributed by atoms with Crippen molar-refractivity contribution in [1.82, 2.24) is 10.9 Å². The second-order valence-corrected chi connectivity index (χ2v) is 4.79. The molecule has 0 unspecified atom stereocenters. The summed E-state index contributed by atoms with van der Waals surface area (Å²) in [5.41, 5.74) is 4.07. The van der Waals surface area contributed by atoms with Gasteiger partial charge in [-0.15, -0.1) is 0 Å². The molecular formula is C17H16N2O6. The standard InChI is InChI=1S/C17H16N2O6/c1-24-13-8-4-5-9-14(13)25-10-15(20)18-19-16(21)11-6-2-3-7-12(11)17(22)23/h2-9H,10H2,1H3,(H,18,20)(H,19,21)(H,22,23). The smallest absolute Gasteiger partial charge is 0.336 e. The van der Waals surface area contributed by atoms with Gasteiger partial charge in [0.05, 0.1) is 18.2 Å². The van der Waals surface area contributed by atoms with Gasteiger partial charge in [-0.3, -0.25) is 20.4 Å². The van der Waals surface area contributed by atoms with Crippen molar-refractivity contribution in [3.8, 4) is 11.5 Å². The highest BCUT2D eigenvalue weighted by Crippen LogP contribution is 2.25. The molecule has 8 nitrogen and oxygen atoms in total. The van der Waals surface area contributed by atoms with Crippen LogP contribution in [0.3, 0.4) is 0 Å². The van der Waals surface area contributed by atoms with Crippen molar-refractivity contribution < 1.29 is 29.0 Å². The van der Waals surface area contributed by atoms with Crippen molar-refractivity contribution in [2.24, 2.45) is 0 Å². The minimum atomic E-state index is -1.24. The first-order chi connectivity index (χ1) is 12.0. The van der Waals surface area contributed by atoms with Crippen molar-refractivity contribution >= 4 is 17.8 Å². The third-order valence-corrected chi connectivity index (χ3v) is 3.15. The van der Waals surface area contributed by atoms with Gasteiger partial charge in [-0.05, 0) is 24.3 Å². The number of para-hydroxylation sites is 2. The van der Waals surface area contributed by atoms with E-state index in [1.54, 1.807) is 24.3 Å². The SMILES string of the molecule is COc1ccccc1OCC(=O)NNC(=O)c1ccccc1C(=O)O.